The fraction of sp³-hybridized carbons (Fsp3) is 0.714. The monoisotopic (exact) mass is 365 g/mol. The average Bonchev–Trinajstić information content (AvgIpc) is 2.64. The van der Waals surface area contributed by atoms with Gasteiger partial charge in [-0.25, -0.2) is 8.78 Å². The van der Waals surface area contributed by atoms with E-state index in [1.54, 1.807) is 12.1 Å². The van der Waals surface area contributed by atoms with Gasteiger partial charge in [0.2, 0.25) is 0 Å². The van der Waals surface area contributed by atoms with E-state index in [1.807, 2.05) is 0 Å². The molecule has 1 radical (unpaired) electrons. The Balaban J connectivity index is 1.38. The summed E-state index contributed by atoms with van der Waals surface area (Å²) in [6.07, 6.45) is 9.43. The van der Waals surface area contributed by atoms with Gasteiger partial charge in [-0.2, -0.15) is 0 Å². The van der Waals surface area contributed by atoms with Crippen molar-refractivity contribution >= 4 is 8.80 Å². The van der Waals surface area contributed by atoms with Gasteiger partial charge in [-0.05, 0) is 55.6 Å². The third kappa shape index (κ3) is 5.29. The standard InChI is InChI=1S/C21H31F2OSi/c1-2-11-25-12-9-18(10-13-25)17-5-3-16(4-6-17)15-24-19-7-8-20(22)21(23)14-19/h7-8,14,16-18H,2-6,9-13,15H2,1H3. The first kappa shape index (κ1) is 18.9. The lowest BCUT2D eigenvalue weighted by atomic mass is 9.74. The summed E-state index contributed by atoms with van der Waals surface area (Å²) in [5.74, 6) is 1.25. The Bertz CT molecular complexity index is 535. The molecule has 4 heteroatoms. The van der Waals surface area contributed by atoms with Gasteiger partial charge < -0.3 is 4.74 Å². The first-order chi connectivity index (χ1) is 12.2. The summed E-state index contributed by atoms with van der Waals surface area (Å²) in [6.45, 7) is 2.96. The predicted octanol–water partition coefficient (Wildman–Crippen LogP) is 6.46. The van der Waals surface area contributed by atoms with Gasteiger partial charge in [0.15, 0.2) is 11.6 Å². The molecule has 0 bridgehead atoms. The van der Waals surface area contributed by atoms with Crippen LogP contribution in [-0.4, -0.2) is 15.4 Å². The van der Waals surface area contributed by atoms with E-state index in [1.165, 1.54) is 57.1 Å². The van der Waals surface area contributed by atoms with Crippen molar-refractivity contribution in [2.75, 3.05) is 6.61 Å². The smallest absolute Gasteiger partial charge is 0.162 e. The second-order valence-electron chi connectivity index (χ2n) is 8.01. The quantitative estimate of drug-likeness (QED) is 0.525. The molecule has 0 spiro atoms. The van der Waals surface area contributed by atoms with E-state index >= 15 is 0 Å². The Labute approximate surface area is 152 Å². The molecule has 1 aliphatic carbocycles. The molecular weight excluding hydrogens is 334 g/mol. The van der Waals surface area contributed by atoms with Crippen LogP contribution in [-0.2, 0) is 0 Å². The van der Waals surface area contributed by atoms with Crippen LogP contribution in [0.25, 0.3) is 0 Å². The number of hydrogen-bond acceptors (Lipinski definition) is 1. The first-order valence-corrected chi connectivity index (χ1v) is 12.2. The zero-order chi connectivity index (χ0) is 17.6. The highest BCUT2D eigenvalue weighted by atomic mass is 28.3. The van der Waals surface area contributed by atoms with E-state index in [0.29, 0.717) is 18.3 Å². The average molecular weight is 366 g/mol. The molecule has 2 aliphatic rings. The maximum atomic E-state index is 13.2. The summed E-state index contributed by atoms with van der Waals surface area (Å²) in [5.41, 5.74) is 0. The van der Waals surface area contributed by atoms with Crippen LogP contribution in [0.5, 0.6) is 5.75 Å². The highest BCUT2D eigenvalue weighted by Crippen LogP contribution is 2.41. The normalized spacial score (nSPS) is 25.9. The largest absolute Gasteiger partial charge is 0.493 e. The van der Waals surface area contributed by atoms with Crippen molar-refractivity contribution in [3.05, 3.63) is 29.8 Å². The molecule has 25 heavy (non-hydrogen) atoms. The molecule has 1 aromatic rings. The van der Waals surface area contributed by atoms with E-state index < -0.39 is 11.6 Å². The van der Waals surface area contributed by atoms with Crippen LogP contribution < -0.4 is 4.74 Å². The van der Waals surface area contributed by atoms with Gasteiger partial charge >= 0.3 is 0 Å². The molecule has 0 amide bonds. The molecule has 0 aromatic heterocycles. The third-order valence-electron chi connectivity index (χ3n) is 6.28. The minimum atomic E-state index is -0.831. The maximum Gasteiger partial charge on any atom is 0.162 e. The molecule has 2 fully saturated rings. The minimum absolute atomic E-state index is 0.00248. The summed E-state index contributed by atoms with van der Waals surface area (Å²) in [5, 5.41) is 0. The summed E-state index contributed by atoms with van der Waals surface area (Å²) in [6, 6.07) is 8.41. The topological polar surface area (TPSA) is 9.23 Å². The van der Waals surface area contributed by atoms with Crippen LogP contribution in [0.2, 0.25) is 18.1 Å². The van der Waals surface area contributed by atoms with E-state index in [2.05, 4.69) is 6.92 Å². The van der Waals surface area contributed by atoms with Gasteiger partial charge in [-0.1, -0.05) is 44.3 Å². The number of benzene rings is 1. The van der Waals surface area contributed by atoms with Crippen molar-refractivity contribution < 1.29 is 13.5 Å². The lowest BCUT2D eigenvalue weighted by Crippen LogP contribution is -2.29. The molecule has 1 aromatic carbocycles. The van der Waals surface area contributed by atoms with Crippen molar-refractivity contribution in [2.24, 2.45) is 17.8 Å². The van der Waals surface area contributed by atoms with E-state index in [9.17, 15) is 8.78 Å². The van der Waals surface area contributed by atoms with Crippen molar-refractivity contribution in [1.29, 1.82) is 0 Å². The molecule has 0 N–H and O–H groups in total. The van der Waals surface area contributed by atoms with Gasteiger partial charge in [-0.15, -0.1) is 0 Å². The molecule has 0 atom stereocenters. The van der Waals surface area contributed by atoms with Crippen molar-refractivity contribution in [3.63, 3.8) is 0 Å². The number of rotatable bonds is 6. The summed E-state index contributed by atoms with van der Waals surface area (Å²) in [7, 11) is -0.00248. The first-order valence-electron chi connectivity index (χ1n) is 10.1. The molecule has 1 saturated heterocycles. The molecule has 3 rings (SSSR count). The summed E-state index contributed by atoms with van der Waals surface area (Å²) in [4.78, 5) is 0. The number of hydrogen-bond donors (Lipinski definition) is 0. The molecule has 1 heterocycles. The molecular formula is C21H31F2OSi. The zero-order valence-corrected chi connectivity index (χ0v) is 16.4. The molecule has 1 nitrogen and oxygen atoms in total. The fourth-order valence-electron chi connectivity index (χ4n) is 4.73. The number of halogens is 2. The SMILES string of the molecule is CCC[Si]1CCC(C2CCC(COc3ccc(F)c(F)c3)CC2)CC1. The van der Waals surface area contributed by atoms with Crippen molar-refractivity contribution in [2.45, 2.75) is 70.0 Å². The van der Waals surface area contributed by atoms with Crippen LogP contribution >= 0.6 is 0 Å². The van der Waals surface area contributed by atoms with E-state index in [-0.39, 0.29) is 8.80 Å². The molecule has 1 aliphatic heterocycles. The Hall–Kier alpha value is -0.903. The van der Waals surface area contributed by atoms with Crippen LogP contribution in [0.4, 0.5) is 8.78 Å². The molecule has 0 unspecified atom stereocenters. The Kier molecular flexibility index (Phi) is 6.91. The lowest BCUT2D eigenvalue weighted by molar-refractivity contribution is 0.147. The Morgan fingerprint density at radius 2 is 1.64 bits per heavy atom. The number of ether oxygens (including phenoxy) is 1. The van der Waals surface area contributed by atoms with Crippen LogP contribution in [0.1, 0.15) is 51.9 Å². The summed E-state index contributed by atoms with van der Waals surface area (Å²) < 4.78 is 31.9. The van der Waals surface area contributed by atoms with Gasteiger partial charge in [0, 0.05) is 14.9 Å². The van der Waals surface area contributed by atoms with Crippen LogP contribution in [0.15, 0.2) is 18.2 Å². The molecule has 139 valence electrons. The minimum Gasteiger partial charge on any atom is -0.493 e. The fourth-order valence-corrected chi connectivity index (χ4v) is 7.75. The third-order valence-corrected chi connectivity index (χ3v) is 9.47. The van der Waals surface area contributed by atoms with Gasteiger partial charge in [-0.3, -0.25) is 0 Å². The zero-order valence-electron chi connectivity index (χ0n) is 15.4. The predicted molar refractivity (Wildman–Crippen MR) is 100 cm³/mol. The second-order valence-corrected chi connectivity index (χ2v) is 11.0. The highest BCUT2D eigenvalue weighted by molar-refractivity contribution is 6.58. The Morgan fingerprint density at radius 3 is 2.28 bits per heavy atom. The van der Waals surface area contributed by atoms with Gasteiger partial charge in [0.25, 0.3) is 0 Å². The lowest BCUT2D eigenvalue weighted by Gasteiger charge is -2.37. The second kappa shape index (κ2) is 9.16. The van der Waals surface area contributed by atoms with Crippen LogP contribution in [0, 0.1) is 29.4 Å². The Morgan fingerprint density at radius 1 is 0.960 bits per heavy atom. The van der Waals surface area contributed by atoms with Gasteiger partial charge in [0.1, 0.15) is 5.75 Å². The molecule has 1 saturated carbocycles. The summed E-state index contributed by atoms with van der Waals surface area (Å²) >= 11 is 0. The van der Waals surface area contributed by atoms with Crippen LogP contribution in [0.3, 0.4) is 0 Å². The van der Waals surface area contributed by atoms with Crippen molar-refractivity contribution in [3.8, 4) is 5.75 Å². The maximum absolute atomic E-state index is 13.2. The van der Waals surface area contributed by atoms with Crippen molar-refractivity contribution in [1.82, 2.24) is 0 Å². The highest BCUT2D eigenvalue weighted by Gasteiger charge is 2.31. The van der Waals surface area contributed by atoms with E-state index in [0.717, 1.165) is 24.0 Å². The van der Waals surface area contributed by atoms with E-state index in [4.69, 9.17) is 4.74 Å². The van der Waals surface area contributed by atoms with Gasteiger partial charge in [0.05, 0.1) is 6.61 Å².